The predicted octanol–water partition coefficient (Wildman–Crippen LogP) is 2.14. The van der Waals surface area contributed by atoms with Crippen molar-refractivity contribution in [3.8, 4) is 0 Å². The van der Waals surface area contributed by atoms with Gasteiger partial charge in [0.2, 0.25) is 0 Å². The number of carbonyl (C=O) groups excluding carboxylic acids is 1. The van der Waals surface area contributed by atoms with Gasteiger partial charge in [0.1, 0.15) is 0 Å². The highest BCUT2D eigenvalue weighted by Crippen LogP contribution is 2.17. The molecule has 0 saturated heterocycles. The standard InChI is InChI=1S/C15H19N3OS/c19-14(11-10-12-6-2-1-3-7-12)17-18-15(20)16-13-8-4-5-9-13/h1-3,6-7,10-11,13H,4-5,8-9H2,(H,17,19)(H2,16,18,20)/b11-10+. The quantitative estimate of drug-likeness (QED) is 0.453. The van der Waals surface area contributed by atoms with Gasteiger partial charge in [0.25, 0.3) is 5.91 Å². The third-order valence-electron chi connectivity index (χ3n) is 3.22. The molecule has 2 rings (SSSR count). The van der Waals surface area contributed by atoms with Crippen LogP contribution < -0.4 is 16.2 Å². The van der Waals surface area contributed by atoms with E-state index in [1.807, 2.05) is 30.3 Å². The fourth-order valence-corrected chi connectivity index (χ4v) is 2.41. The van der Waals surface area contributed by atoms with Crippen molar-refractivity contribution in [3.63, 3.8) is 0 Å². The highest BCUT2D eigenvalue weighted by atomic mass is 32.1. The minimum absolute atomic E-state index is 0.232. The van der Waals surface area contributed by atoms with Crippen molar-refractivity contribution in [2.24, 2.45) is 0 Å². The second-order valence-electron chi connectivity index (χ2n) is 4.81. The molecular formula is C15H19N3OS. The Bertz CT molecular complexity index is 481. The van der Waals surface area contributed by atoms with Gasteiger partial charge in [-0.25, -0.2) is 0 Å². The minimum Gasteiger partial charge on any atom is -0.359 e. The summed E-state index contributed by atoms with van der Waals surface area (Å²) in [7, 11) is 0. The lowest BCUT2D eigenvalue weighted by molar-refractivity contribution is -0.116. The van der Waals surface area contributed by atoms with E-state index in [1.165, 1.54) is 18.9 Å². The highest BCUT2D eigenvalue weighted by molar-refractivity contribution is 7.80. The van der Waals surface area contributed by atoms with Gasteiger partial charge in [-0.05, 0) is 36.7 Å². The SMILES string of the molecule is O=C(/C=C/c1ccccc1)NNC(=S)NC1CCCC1. The van der Waals surface area contributed by atoms with Crippen LogP contribution in [-0.2, 0) is 4.79 Å². The first-order valence-electron chi connectivity index (χ1n) is 6.83. The molecule has 0 radical (unpaired) electrons. The monoisotopic (exact) mass is 289 g/mol. The number of benzene rings is 1. The molecule has 1 amide bonds. The van der Waals surface area contributed by atoms with Crippen LogP contribution in [0, 0.1) is 0 Å². The first-order chi connectivity index (χ1) is 9.74. The summed E-state index contributed by atoms with van der Waals surface area (Å²) >= 11 is 5.13. The second kappa shape index (κ2) is 7.65. The molecule has 0 atom stereocenters. The highest BCUT2D eigenvalue weighted by Gasteiger charge is 2.15. The number of rotatable bonds is 3. The molecule has 1 saturated carbocycles. The van der Waals surface area contributed by atoms with E-state index in [9.17, 15) is 4.79 Å². The number of thiocarbonyl (C=S) groups is 1. The minimum atomic E-state index is -0.232. The molecule has 0 unspecified atom stereocenters. The molecule has 106 valence electrons. The number of hydrogen-bond donors (Lipinski definition) is 3. The Morgan fingerprint density at radius 1 is 1.15 bits per heavy atom. The lowest BCUT2D eigenvalue weighted by atomic mass is 10.2. The number of hydrazine groups is 1. The summed E-state index contributed by atoms with van der Waals surface area (Å²) in [5.74, 6) is -0.232. The molecule has 0 bridgehead atoms. The zero-order chi connectivity index (χ0) is 14.2. The van der Waals surface area contributed by atoms with Crippen LogP contribution in [0.15, 0.2) is 36.4 Å². The molecule has 4 nitrogen and oxygen atoms in total. The van der Waals surface area contributed by atoms with Crippen molar-refractivity contribution in [2.75, 3.05) is 0 Å². The van der Waals surface area contributed by atoms with Gasteiger partial charge in [-0.3, -0.25) is 15.6 Å². The zero-order valence-corrected chi connectivity index (χ0v) is 12.1. The summed E-state index contributed by atoms with van der Waals surface area (Å²) in [6.45, 7) is 0. The molecule has 1 fully saturated rings. The molecule has 0 aromatic heterocycles. The molecule has 0 aliphatic heterocycles. The molecule has 20 heavy (non-hydrogen) atoms. The maximum Gasteiger partial charge on any atom is 0.262 e. The second-order valence-corrected chi connectivity index (χ2v) is 5.22. The van der Waals surface area contributed by atoms with Crippen molar-refractivity contribution in [2.45, 2.75) is 31.7 Å². The first-order valence-corrected chi connectivity index (χ1v) is 7.24. The van der Waals surface area contributed by atoms with Gasteiger partial charge in [-0.15, -0.1) is 0 Å². The summed E-state index contributed by atoms with van der Waals surface area (Å²) in [6, 6.07) is 10.1. The van der Waals surface area contributed by atoms with Crippen LogP contribution in [0.4, 0.5) is 0 Å². The van der Waals surface area contributed by atoms with E-state index in [2.05, 4.69) is 16.2 Å². The van der Waals surface area contributed by atoms with Crippen LogP contribution in [0.5, 0.6) is 0 Å². The van der Waals surface area contributed by atoms with Gasteiger partial charge in [0.15, 0.2) is 5.11 Å². The van der Waals surface area contributed by atoms with E-state index in [0.717, 1.165) is 18.4 Å². The Balaban J connectivity index is 1.69. The molecular weight excluding hydrogens is 270 g/mol. The summed E-state index contributed by atoms with van der Waals surface area (Å²) in [5.41, 5.74) is 6.24. The molecule has 0 heterocycles. The average molecular weight is 289 g/mol. The van der Waals surface area contributed by atoms with Gasteiger partial charge in [0, 0.05) is 12.1 Å². The molecule has 5 heteroatoms. The van der Waals surface area contributed by atoms with Crippen molar-refractivity contribution in [1.82, 2.24) is 16.2 Å². The maximum absolute atomic E-state index is 11.6. The van der Waals surface area contributed by atoms with Gasteiger partial charge >= 0.3 is 0 Å². The predicted molar refractivity (Wildman–Crippen MR) is 84.7 cm³/mol. The van der Waals surface area contributed by atoms with Crippen LogP contribution in [0.1, 0.15) is 31.2 Å². The molecule has 1 aliphatic carbocycles. The lowest BCUT2D eigenvalue weighted by Gasteiger charge is -2.15. The number of carbonyl (C=O) groups is 1. The zero-order valence-electron chi connectivity index (χ0n) is 11.3. The molecule has 3 N–H and O–H groups in total. The third-order valence-corrected chi connectivity index (χ3v) is 3.44. The Labute approximate surface area is 124 Å². The van der Waals surface area contributed by atoms with Gasteiger partial charge in [0.05, 0.1) is 0 Å². The average Bonchev–Trinajstić information content (AvgIpc) is 2.97. The Morgan fingerprint density at radius 2 is 1.85 bits per heavy atom. The van der Waals surface area contributed by atoms with Gasteiger partial charge in [-0.1, -0.05) is 43.2 Å². The van der Waals surface area contributed by atoms with Crippen LogP contribution in [0.2, 0.25) is 0 Å². The van der Waals surface area contributed by atoms with Gasteiger partial charge in [-0.2, -0.15) is 0 Å². The smallest absolute Gasteiger partial charge is 0.262 e. The van der Waals surface area contributed by atoms with Crippen molar-refractivity contribution in [3.05, 3.63) is 42.0 Å². The van der Waals surface area contributed by atoms with E-state index < -0.39 is 0 Å². The van der Waals surface area contributed by atoms with E-state index >= 15 is 0 Å². The van der Waals surface area contributed by atoms with Crippen molar-refractivity contribution >= 4 is 29.3 Å². The van der Waals surface area contributed by atoms with Crippen molar-refractivity contribution < 1.29 is 4.79 Å². The molecule has 1 aromatic rings. The summed E-state index contributed by atoms with van der Waals surface area (Å²) in [4.78, 5) is 11.6. The fraction of sp³-hybridized carbons (Fsp3) is 0.333. The van der Waals surface area contributed by atoms with Crippen LogP contribution in [0.25, 0.3) is 6.08 Å². The van der Waals surface area contributed by atoms with E-state index in [1.54, 1.807) is 6.08 Å². The summed E-state index contributed by atoms with van der Waals surface area (Å²) in [5, 5.41) is 3.66. The molecule has 1 aromatic carbocycles. The van der Waals surface area contributed by atoms with Crippen molar-refractivity contribution in [1.29, 1.82) is 0 Å². The summed E-state index contributed by atoms with van der Waals surface area (Å²) < 4.78 is 0. The fourth-order valence-electron chi connectivity index (χ4n) is 2.19. The largest absolute Gasteiger partial charge is 0.359 e. The first kappa shape index (κ1) is 14.5. The van der Waals surface area contributed by atoms with E-state index in [0.29, 0.717) is 11.2 Å². The van der Waals surface area contributed by atoms with Crippen LogP contribution in [0.3, 0.4) is 0 Å². The normalized spacial score (nSPS) is 15.2. The number of hydrogen-bond acceptors (Lipinski definition) is 2. The maximum atomic E-state index is 11.6. The van der Waals surface area contributed by atoms with Gasteiger partial charge < -0.3 is 5.32 Å². The number of amides is 1. The van der Waals surface area contributed by atoms with Crippen LogP contribution in [-0.4, -0.2) is 17.1 Å². The lowest BCUT2D eigenvalue weighted by Crippen LogP contribution is -2.48. The van der Waals surface area contributed by atoms with Crippen LogP contribution >= 0.6 is 12.2 Å². The topological polar surface area (TPSA) is 53.2 Å². The Morgan fingerprint density at radius 3 is 2.55 bits per heavy atom. The number of nitrogens with one attached hydrogen (secondary N) is 3. The summed E-state index contributed by atoms with van der Waals surface area (Å²) in [6.07, 6.45) is 8.00. The Kier molecular flexibility index (Phi) is 5.55. The molecule has 0 spiro atoms. The molecule has 1 aliphatic rings. The van der Waals surface area contributed by atoms with E-state index in [-0.39, 0.29) is 5.91 Å². The van der Waals surface area contributed by atoms with E-state index in [4.69, 9.17) is 12.2 Å². The third kappa shape index (κ3) is 5.01. The Hall–Kier alpha value is -1.88.